The second-order valence-electron chi connectivity index (χ2n) is 6.54. The van der Waals surface area contributed by atoms with Crippen LogP contribution in [0.1, 0.15) is 30.0 Å². The summed E-state index contributed by atoms with van der Waals surface area (Å²) in [6.07, 6.45) is 0. The van der Waals surface area contributed by atoms with Crippen molar-refractivity contribution in [2.24, 2.45) is 0 Å². The van der Waals surface area contributed by atoms with Gasteiger partial charge in [0.05, 0.1) is 5.56 Å². The SMILES string of the molecule is CCN(CC)c1ccc(Nc2cc(Nc3ccc(C(=O)O)cc3)nc(C)n2)cc1. The molecule has 0 aliphatic rings. The highest BCUT2D eigenvalue weighted by Crippen LogP contribution is 2.23. The second-order valence-corrected chi connectivity index (χ2v) is 6.54. The van der Waals surface area contributed by atoms with Gasteiger partial charge in [0.1, 0.15) is 17.5 Å². The zero-order chi connectivity index (χ0) is 20.8. The summed E-state index contributed by atoms with van der Waals surface area (Å²) < 4.78 is 0. The number of carboxylic acid groups (broad SMARTS) is 1. The lowest BCUT2D eigenvalue weighted by molar-refractivity contribution is 0.0697. The minimum Gasteiger partial charge on any atom is -0.478 e. The summed E-state index contributed by atoms with van der Waals surface area (Å²) in [5, 5.41) is 15.5. The largest absolute Gasteiger partial charge is 0.478 e. The minimum atomic E-state index is -0.951. The van der Waals surface area contributed by atoms with Crippen molar-refractivity contribution in [2.75, 3.05) is 28.6 Å². The summed E-state index contributed by atoms with van der Waals surface area (Å²) in [4.78, 5) is 22.1. The minimum absolute atomic E-state index is 0.241. The Morgan fingerprint density at radius 2 is 1.38 bits per heavy atom. The van der Waals surface area contributed by atoms with Gasteiger partial charge in [-0.05, 0) is 69.3 Å². The summed E-state index contributed by atoms with van der Waals surface area (Å²) in [5.74, 6) is 0.980. The van der Waals surface area contributed by atoms with Crippen molar-refractivity contribution in [2.45, 2.75) is 20.8 Å². The molecule has 29 heavy (non-hydrogen) atoms. The highest BCUT2D eigenvalue weighted by molar-refractivity contribution is 5.88. The van der Waals surface area contributed by atoms with E-state index < -0.39 is 5.97 Å². The lowest BCUT2D eigenvalue weighted by atomic mass is 10.2. The second kappa shape index (κ2) is 9.05. The van der Waals surface area contributed by atoms with Crippen LogP contribution in [0.4, 0.5) is 28.7 Å². The Kier molecular flexibility index (Phi) is 6.29. The molecule has 0 aliphatic heterocycles. The number of benzene rings is 2. The van der Waals surface area contributed by atoms with Crippen molar-refractivity contribution in [1.82, 2.24) is 9.97 Å². The molecule has 0 unspecified atom stereocenters. The van der Waals surface area contributed by atoms with Crippen LogP contribution >= 0.6 is 0 Å². The molecule has 3 rings (SSSR count). The van der Waals surface area contributed by atoms with Crippen LogP contribution in [0, 0.1) is 6.92 Å². The molecule has 2 aromatic carbocycles. The first-order valence-electron chi connectivity index (χ1n) is 9.56. The maximum atomic E-state index is 11.0. The summed E-state index contributed by atoms with van der Waals surface area (Å²) in [6, 6.07) is 16.6. The van der Waals surface area contributed by atoms with Gasteiger partial charge >= 0.3 is 5.97 Å². The maximum absolute atomic E-state index is 11.0. The number of aromatic carboxylic acids is 1. The zero-order valence-electron chi connectivity index (χ0n) is 16.8. The van der Waals surface area contributed by atoms with E-state index in [4.69, 9.17) is 5.11 Å². The predicted octanol–water partition coefficient (Wildman–Crippen LogP) is 4.82. The van der Waals surface area contributed by atoms with Crippen LogP contribution in [0.15, 0.2) is 54.6 Å². The molecule has 0 spiro atoms. The number of aryl methyl sites for hydroxylation is 1. The summed E-state index contributed by atoms with van der Waals surface area (Å²) in [6.45, 7) is 8.05. The fourth-order valence-electron chi connectivity index (χ4n) is 3.03. The van der Waals surface area contributed by atoms with Gasteiger partial charge in [0.2, 0.25) is 0 Å². The van der Waals surface area contributed by atoms with E-state index in [0.29, 0.717) is 17.5 Å². The van der Waals surface area contributed by atoms with Crippen LogP contribution in [0.3, 0.4) is 0 Å². The van der Waals surface area contributed by atoms with Gasteiger partial charge in [0.25, 0.3) is 0 Å². The third-order valence-electron chi connectivity index (χ3n) is 4.51. The van der Waals surface area contributed by atoms with Crippen molar-refractivity contribution >= 4 is 34.7 Å². The molecule has 0 fully saturated rings. The number of anilines is 5. The normalized spacial score (nSPS) is 10.4. The molecule has 0 aliphatic carbocycles. The quantitative estimate of drug-likeness (QED) is 0.507. The van der Waals surface area contributed by atoms with Crippen LogP contribution in [0.25, 0.3) is 0 Å². The van der Waals surface area contributed by atoms with E-state index in [1.54, 1.807) is 24.3 Å². The average Bonchev–Trinajstić information content (AvgIpc) is 2.70. The number of aromatic nitrogens is 2. The number of hydrogen-bond donors (Lipinski definition) is 3. The number of rotatable bonds is 8. The van der Waals surface area contributed by atoms with Gasteiger partial charge in [0.15, 0.2) is 0 Å². The zero-order valence-corrected chi connectivity index (χ0v) is 16.8. The molecule has 3 N–H and O–H groups in total. The number of nitrogens with zero attached hydrogens (tertiary/aromatic N) is 3. The molecule has 7 nitrogen and oxygen atoms in total. The summed E-state index contributed by atoms with van der Waals surface area (Å²) in [7, 11) is 0. The van der Waals surface area contributed by atoms with Gasteiger partial charge in [-0.15, -0.1) is 0 Å². The Morgan fingerprint density at radius 1 is 0.897 bits per heavy atom. The first kappa shape index (κ1) is 20.1. The predicted molar refractivity (Wildman–Crippen MR) is 117 cm³/mol. The standard InChI is InChI=1S/C22H25N5O2/c1-4-27(5-2)19-12-10-18(11-13-19)26-21-14-20(23-15(3)24-21)25-17-8-6-16(7-9-17)22(28)29/h6-14H,4-5H2,1-3H3,(H,28,29)(H2,23,24,25,26). The van der Waals surface area contributed by atoms with Crippen LogP contribution < -0.4 is 15.5 Å². The van der Waals surface area contributed by atoms with E-state index in [1.807, 2.05) is 25.1 Å². The van der Waals surface area contributed by atoms with Crippen LogP contribution in [-0.4, -0.2) is 34.1 Å². The van der Waals surface area contributed by atoms with E-state index in [0.717, 1.165) is 24.5 Å². The summed E-state index contributed by atoms with van der Waals surface area (Å²) >= 11 is 0. The highest BCUT2D eigenvalue weighted by atomic mass is 16.4. The van der Waals surface area contributed by atoms with Crippen molar-refractivity contribution in [1.29, 1.82) is 0 Å². The first-order valence-corrected chi connectivity index (χ1v) is 9.56. The molecule has 1 heterocycles. The number of nitrogens with one attached hydrogen (secondary N) is 2. The van der Waals surface area contributed by atoms with Gasteiger partial charge in [0, 0.05) is 36.2 Å². The van der Waals surface area contributed by atoms with Crippen molar-refractivity contribution in [3.63, 3.8) is 0 Å². The van der Waals surface area contributed by atoms with Gasteiger partial charge in [-0.3, -0.25) is 0 Å². The maximum Gasteiger partial charge on any atom is 0.335 e. The summed E-state index contributed by atoms with van der Waals surface area (Å²) in [5.41, 5.74) is 3.12. The van der Waals surface area contributed by atoms with Crippen molar-refractivity contribution in [3.8, 4) is 0 Å². The molecule has 3 aromatic rings. The highest BCUT2D eigenvalue weighted by Gasteiger charge is 2.06. The molecule has 150 valence electrons. The molecule has 7 heteroatoms. The van der Waals surface area contributed by atoms with Gasteiger partial charge in [-0.25, -0.2) is 14.8 Å². The molecule has 0 saturated heterocycles. The third-order valence-corrected chi connectivity index (χ3v) is 4.51. The van der Waals surface area contributed by atoms with E-state index in [-0.39, 0.29) is 5.56 Å². The molecule has 0 saturated carbocycles. The lowest BCUT2D eigenvalue weighted by Gasteiger charge is -2.21. The molecule has 0 amide bonds. The first-order chi connectivity index (χ1) is 14.0. The lowest BCUT2D eigenvalue weighted by Crippen LogP contribution is -2.21. The Morgan fingerprint density at radius 3 is 1.83 bits per heavy atom. The van der Waals surface area contributed by atoms with Crippen molar-refractivity contribution in [3.05, 3.63) is 66.0 Å². The molecular weight excluding hydrogens is 366 g/mol. The van der Waals surface area contributed by atoms with E-state index in [9.17, 15) is 4.79 Å². The molecule has 0 atom stereocenters. The smallest absolute Gasteiger partial charge is 0.335 e. The van der Waals surface area contributed by atoms with Crippen molar-refractivity contribution < 1.29 is 9.90 Å². The van der Waals surface area contributed by atoms with E-state index in [2.05, 4.69) is 51.5 Å². The molecule has 0 bridgehead atoms. The van der Waals surface area contributed by atoms with Gasteiger partial charge in [-0.1, -0.05) is 0 Å². The van der Waals surface area contributed by atoms with Crippen LogP contribution in [0.2, 0.25) is 0 Å². The molecule has 1 aromatic heterocycles. The Bertz CT molecular complexity index is 967. The number of carboxylic acids is 1. The monoisotopic (exact) mass is 391 g/mol. The van der Waals surface area contributed by atoms with Gasteiger partial charge < -0.3 is 20.6 Å². The Labute approximate surface area is 170 Å². The third kappa shape index (κ3) is 5.22. The Balaban J connectivity index is 1.74. The van der Waals surface area contributed by atoms with Crippen LogP contribution in [-0.2, 0) is 0 Å². The molecular formula is C22H25N5O2. The fraction of sp³-hybridized carbons (Fsp3) is 0.227. The Hall–Kier alpha value is -3.61. The fourth-order valence-corrected chi connectivity index (χ4v) is 3.03. The molecule has 0 radical (unpaired) electrons. The van der Waals surface area contributed by atoms with E-state index >= 15 is 0 Å². The number of carbonyl (C=O) groups is 1. The number of hydrogen-bond acceptors (Lipinski definition) is 6. The topological polar surface area (TPSA) is 90.4 Å². The van der Waals surface area contributed by atoms with Gasteiger partial charge in [-0.2, -0.15) is 0 Å². The van der Waals surface area contributed by atoms with E-state index in [1.165, 1.54) is 5.69 Å². The average molecular weight is 391 g/mol. The van der Waals surface area contributed by atoms with Crippen LogP contribution in [0.5, 0.6) is 0 Å².